The number of hydrogen-bond acceptors (Lipinski definition) is 4. The van der Waals surface area contributed by atoms with Crippen LogP contribution in [0.15, 0.2) is 30.3 Å². The van der Waals surface area contributed by atoms with Crippen molar-refractivity contribution in [2.45, 2.75) is 6.61 Å². The van der Waals surface area contributed by atoms with E-state index in [1.165, 1.54) is 0 Å². The average molecular weight is 222 g/mol. The Morgan fingerprint density at radius 1 is 1.23 bits per heavy atom. The second-order valence-corrected chi connectivity index (χ2v) is 3.21. The molecule has 0 aliphatic heterocycles. The Kier molecular flexibility index (Phi) is 5.01. The zero-order valence-corrected chi connectivity index (χ0v) is 8.68. The maximum absolute atomic E-state index is 10.0. The molecule has 0 unspecified atom stereocenters. The van der Waals surface area contributed by atoms with Gasteiger partial charge in [0.15, 0.2) is 0 Å². The Hall–Kier alpha value is -0.560. The molecule has 0 aromatic heterocycles. The molecule has 0 aliphatic rings. The van der Waals surface area contributed by atoms with Gasteiger partial charge in [0.1, 0.15) is 0 Å². The maximum Gasteiger partial charge on any atom is 0.217 e. The van der Waals surface area contributed by atoms with Gasteiger partial charge in [-0.3, -0.25) is 4.18 Å². The zero-order chi connectivity index (χ0) is 9.03. The molecule has 0 fully saturated rings. The molecule has 0 atom stereocenters. The molecule has 13 heavy (non-hydrogen) atoms. The predicted octanol–water partition coefficient (Wildman–Crippen LogP) is -0.142. The molecular formula is C7H10O4S2. The largest absolute Gasteiger partial charge is 0.726 e. The molecule has 0 aliphatic carbocycles. The molecule has 0 N–H and O–H groups in total. The van der Waals surface area contributed by atoms with Gasteiger partial charge in [-0.1, -0.05) is 43.8 Å². The summed E-state index contributed by atoms with van der Waals surface area (Å²) in [6, 6.07) is 8.60. The second kappa shape index (κ2) is 5.23. The van der Waals surface area contributed by atoms with E-state index in [9.17, 15) is 13.0 Å². The molecule has 0 saturated carbocycles. The van der Waals surface area contributed by atoms with Gasteiger partial charge in [0.25, 0.3) is 0 Å². The standard InChI is InChI=1S/C7H8O4S.H2S/c8-12(9,10)11-6-7-4-2-1-3-5-7;/h1-5H,6H2,(H,8,9,10);1H2. The van der Waals surface area contributed by atoms with Gasteiger partial charge >= 0.3 is 0 Å². The van der Waals surface area contributed by atoms with E-state index >= 15 is 0 Å². The van der Waals surface area contributed by atoms with Crippen molar-refractivity contribution >= 4 is 23.9 Å². The first-order valence-electron chi connectivity index (χ1n) is 3.22. The normalized spacial score (nSPS) is 10.5. The Morgan fingerprint density at radius 3 is 2.23 bits per heavy atom. The highest BCUT2D eigenvalue weighted by Gasteiger charge is 1.95. The van der Waals surface area contributed by atoms with Crippen molar-refractivity contribution in [3.8, 4) is 0 Å². The van der Waals surface area contributed by atoms with Gasteiger partial charge in [0, 0.05) is 0 Å². The van der Waals surface area contributed by atoms with Gasteiger partial charge in [-0.2, -0.15) is 0 Å². The highest BCUT2D eigenvalue weighted by Crippen LogP contribution is 2.01. The summed E-state index contributed by atoms with van der Waals surface area (Å²) in [5.41, 5.74) is 0.650. The molecule has 4 nitrogen and oxygen atoms in total. The van der Waals surface area contributed by atoms with Gasteiger partial charge < -0.3 is 4.55 Å². The minimum Gasteiger partial charge on any atom is -0.726 e. The summed E-state index contributed by atoms with van der Waals surface area (Å²) in [4.78, 5) is 0. The Bertz CT molecular complexity index is 333. The fourth-order valence-electron chi connectivity index (χ4n) is 0.714. The van der Waals surface area contributed by atoms with E-state index in [1.807, 2.05) is 0 Å². The summed E-state index contributed by atoms with van der Waals surface area (Å²) in [7, 11) is -4.57. The molecule has 0 spiro atoms. The first-order chi connectivity index (χ1) is 5.58. The van der Waals surface area contributed by atoms with Crippen molar-refractivity contribution in [1.82, 2.24) is 0 Å². The van der Waals surface area contributed by atoms with Crippen LogP contribution in [0, 0.1) is 0 Å². The van der Waals surface area contributed by atoms with Gasteiger partial charge in [-0.25, -0.2) is 8.42 Å². The summed E-state index contributed by atoms with van der Waals surface area (Å²) in [6.07, 6.45) is 0. The van der Waals surface area contributed by atoms with Crippen LogP contribution in [0.25, 0.3) is 0 Å². The highest BCUT2D eigenvalue weighted by molar-refractivity contribution is 7.80. The second-order valence-electron chi connectivity index (χ2n) is 2.16. The van der Waals surface area contributed by atoms with Crippen LogP contribution in [0.4, 0.5) is 0 Å². The van der Waals surface area contributed by atoms with E-state index in [2.05, 4.69) is 4.18 Å². The van der Waals surface area contributed by atoms with Crippen molar-refractivity contribution < 1.29 is 17.2 Å². The molecular weight excluding hydrogens is 212 g/mol. The van der Waals surface area contributed by atoms with E-state index in [4.69, 9.17) is 0 Å². The lowest BCUT2D eigenvalue weighted by molar-refractivity contribution is 0.253. The number of rotatable bonds is 3. The van der Waals surface area contributed by atoms with Gasteiger partial charge in [0.2, 0.25) is 10.4 Å². The quantitative estimate of drug-likeness (QED) is 0.405. The third-order valence-corrected chi connectivity index (χ3v) is 1.62. The van der Waals surface area contributed by atoms with E-state index in [1.54, 1.807) is 30.3 Å². The van der Waals surface area contributed by atoms with Gasteiger partial charge in [-0.05, 0) is 5.56 Å². The SMILES string of the molecule is O=S(=O)([O-])OCc1ccccc1.[SH3+]. The van der Waals surface area contributed by atoms with E-state index in [0.29, 0.717) is 5.56 Å². The fraction of sp³-hybridized carbons (Fsp3) is 0.143. The minimum absolute atomic E-state index is 0. The van der Waals surface area contributed by atoms with E-state index in [-0.39, 0.29) is 20.1 Å². The summed E-state index contributed by atoms with van der Waals surface area (Å²) < 4.78 is 34.1. The third kappa shape index (κ3) is 5.64. The van der Waals surface area contributed by atoms with Crippen LogP contribution >= 0.6 is 0 Å². The van der Waals surface area contributed by atoms with E-state index < -0.39 is 10.4 Å². The Labute approximate surface area is 83.9 Å². The van der Waals surface area contributed by atoms with Crippen LogP contribution in [0.5, 0.6) is 0 Å². The molecule has 1 aromatic rings. The van der Waals surface area contributed by atoms with Crippen LogP contribution in [0.3, 0.4) is 0 Å². The van der Waals surface area contributed by atoms with Crippen molar-refractivity contribution in [1.29, 1.82) is 0 Å². The van der Waals surface area contributed by atoms with Crippen LogP contribution in [-0.4, -0.2) is 13.0 Å². The molecule has 0 heterocycles. The lowest BCUT2D eigenvalue weighted by atomic mass is 10.2. The van der Waals surface area contributed by atoms with Crippen molar-refractivity contribution in [3.05, 3.63) is 35.9 Å². The summed E-state index contributed by atoms with van der Waals surface area (Å²) in [5.74, 6) is 0. The third-order valence-electron chi connectivity index (χ3n) is 1.21. The van der Waals surface area contributed by atoms with Crippen LogP contribution in [0.1, 0.15) is 5.56 Å². The monoisotopic (exact) mass is 222 g/mol. The number of benzene rings is 1. The average Bonchev–Trinajstić information content (AvgIpc) is 2.02. The Morgan fingerprint density at radius 2 is 1.77 bits per heavy atom. The van der Waals surface area contributed by atoms with Crippen LogP contribution < -0.4 is 0 Å². The van der Waals surface area contributed by atoms with Crippen LogP contribution in [0.2, 0.25) is 0 Å². The van der Waals surface area contributed by atoms with Gasteiger partial charge in [-0.15, -0.1) is 0 Å². The first kappa shape index (κ1) is 12.4. The Balaban J connectivity index is 0.00000144. The molecule has 0 radical (unpaired) electrons. The van der Waals surface area contributed by atoms with Gasteiger partial charge in [0.05, 0.1) is 6.61 Å². The highest BCUT2D eigenvalue weighted by atomic mass is 32.3. The topological polar surface area (TPSA) is 66.4 Å². The fourth-order valence-corrected chi connectivity index (χ4v) is 0.995. The molecule has 6 heteroatoms. The number of hydrogen-bond donors (Lipinski definition) is 0. The maximum atomic E-state index is 10.0. The minimum atomic E-state index is -4.57. The summed E-state index contributed by atoms with van der Waals surface area (Å²) in [5, 5.41) is 0. The lowest BCUT2D eigenvalue weighted by Gasteiger charge is -2.06. The van der Waals surface area contributed by atoms with Crippen LogP contribution in [-0.2, 0) is 34.7 Å². The van der Waals surface area contributed by atoms with Crippen molar-refractivity contribution in [3.63, 3.8) is 0 Å². The molecule has 0 saturated heterocycles. The summed E-state index contributed by atoms with van der Waals surface area (Å²) in [6.45, 7) is -0.202. The zero-order valence-electron chi connectivity index (χ0n) is 6.71. The molecule has 1 rings (SSSR count). The molecule has 74 valence electrons. The van der Waals surface area contributed by atoms with Crippen molar-refractivity contribution in [2.75, 3.05) is 0 Å². The summed E-state index contributed by atoms with van der Waals surface area (Å²) >= 11 is 0. The van der Waals surface area contributed by atoms with Crippen molar-refractivity contribution in [2.24, 2.45) is 0 Å². The molecule has 0 amide bonds. The smallest absolute Gasteiger partial charge is 0.217 e. The molecule has 0 bridgehead atoms. The first-order valence-corrected chi connectivity index (χ1v) is 4.55. The lowest BCUT2D eigenvalue weighted by Crippen LogP contribution is -2.03. The predicted molar refractivity (Wildman–Crippen MR) is 52.5 cm³/mol. The van der Waals surface area contributed by atoms with E-state index in [0.717, 1.165) is 0 Å². The molecule has 1 aromatic carbocycles.